The molecule has 0 radical (unpaired) electrons. The molecule has 7 atom stereocenters. The Bertz CT molecular complexity index is 1050. The van der Waals surface area contributed by atoms with Gasteiger partial charge in [0.05, 0.1) is 16.9 Å². The smallest absolute Gasteiger partial charge is 0.333 e. The highest BCUT2D eigenvalue weighted by Gasteiger charge is 2.70. The van der Waals surface area contributed by atoms with Gasteiger partial charge in [0.25, 0.3) is 0 Å². The first-order valence-corrected chi connectivity index (χ1v) is 14.1. The number of halogens is 1. The molecule has 0 aromatic rings. The zero-order chi connectivity index (χ0) is 29.2. The molecule has 3 aliphatic rings. The molecule has 39 heavy (non-hydrogen) atoms. The largest absolute Gasteiger partial charge is 0.465 e. The number of aliphatic hydroxyl groups is 1. The molecule has 3 rings (SSSR count). The van der Waals surface area contributed by atoms with Crippen molar-refractivity contribution in [1.82, 2.24) is 0 Å². The van der Waals surface area contributed by atoms with E-state index in [1.165, 1.54) is 19.9 Å². The molecule has 1 heterocycles. The van der Waals surface area contributed by atoms with Gasteiger partial charge in [-0.25, -0.2) is 9.59 Å². The fourth-order valence-corrected chi connectivity index (χ4v) is 7.38. The minimum atomic E-state index is -1.49. The Labute approximate surface area is 235 Å². The van der Waals surface area contributed by atoms with Crippen LogP contribution in [0.3, 0.4) is 0 Å². The number of carbonyl (C=O) groups is 4. The molecule has 2 aliphatic carbocycles. The van der Waals surface area contributed by atoms with Crippen LogP contribution in [0, 0.1) is 22.7 Å². The topological polar surface area (TPSA) is 125 Å². The van der Waals surface area contributed by atoms with E-state index in [1.807, 2.05) is 6.92 Å². The molecule has 0 bridgehead atoms. The van der Waals surface area contributed by atoms with Crippen LogP contribution in [0.4, 0.5) is 0 Å². The van der Waals surface area contributed by atoms with Gasteiger partial charge in [0.1, 0.15) is 25.4 Å². The van der Waals surface area contributed by atoms with Gasteiger partial charge in [-0.3, -0.25) is 9.59 Å². The second kappa shape index (κ2) is 12.0. The predicted molar refractivity (Wildman–Crippen MR) is 142 cm³/mol. The lowest BCUT2D eigenvalue weighted by Crippen LogP contribution is -2.71. The zero-order valence-electron chi connectivity index (χ0n) is 23.7. The van der Waals surface area contributed by atoms with Gasteiger partial charge in [-0.1, -0.05) is 26.3 Å². The number of fused-ring (bicyclic) bond motifs is 1. The molecule has 1 N–H and O–H groups in total. The van der Waals surface area contributed by atoms with Gasteiger partial charge in [0.15, 0.2) is 0 Å². The number of hydrogen-bond donors (Lipinski definition) is 1. The Kier molecular flexibility index (Phi) is 9.59. The first kappa shape index (κ1) is 31.1. The van der Waals surface area contributed by atoms with Crippen molar-refractivity contribution in [2.24, 2.45) is 22.7 Å². The summed E-state index contributed by atoms with van der Waals surface area (Å²) < 4.78 is 22.6. The number of alkyl halides is 1. The number of ether oxygens (including phenoxy) is 4. The molecule has 0 amide bonds. The Balaban J connectivity index is 2.15. The second-order valence-corrected chi connectivity index (χ2v) is 11.8. The maximum Gasteiger partial charge on any atom is 0.333 e. The molecular formula is C29H41ClO9. The Morgan fingerprint density at radius 2 is 1.95 bits per heavy atom. The summed E-state index contributed by atoms with van der Waals surface area (Å²) >= 11 is 6.45. The molecule has 1 aliphatic heterocycles. The Morgan fingerprint density at radius 3 is 2.49 bits per heavy atom. The van der Waals surface area contributed by atoms with Crippen LogP contribution >= 0.6 is 11.6 Å². The van der Waals surface area contributed by atoms with Crippen molar-refractivity contribution in [3.8, 4) is 0 Å². The first-order valence-electron chi connectivity index (χ1n) is 13.5. The average molecular weight is 569 g/mol. The summed E-state index contributed by atoms with van der Waals surface area (Å²) in [6.45, 7) is 9.96. The summed E-state index contributed by atoms with van der Waals surface area (Å²) in [5.74, 6) is -2.56. The lowest BCUT2D eigenvalue weighted by Gasteiger charge is -2.66. The highest BCUT2D eigenvalue weighted by atomic mass is 35.5. The van der Waals surface area contributed by atoms with Crippen LogP contribution in [-0.4, -0.2) is 65.9 Å². The molecule has 0 aromatic heterocycles. The van der Waals surface area contributed by atoms with Crippen molar-refractivity contribution in [1.29, 1.82) is 0 Å². The monoisotopic (exact) mass is 568 g/mol. The molecule has 2 saturated carbocycles. The number of allylic oxidation sites excluding steroid dienone is 1. The molecular weight excluding hydrogens is 528 g/mol. The standard InChI is InChI=1S/C29H41ClO9/c1-7-17(2)26(34)39-22(21-12-25(33)36-14-21)13-27(6)18(3)11-24(38-20(5)32)29(16-37-19(4)31)23(27)9-8-10-28(29,35)15-30/h7,12,18,22-24,35H,8-11,13-16H2,1-6H3/b17-7+/t18-,22+,23-,24+,27+,28+,29+/m1/s1. The van der Waals surface area contributed by atoms with E-state index < -0.39 is 52.5 Å². The number of carbonyl (C=O) groups excluding carboxylic acids is 4. The van der Waals surface area contributed by atoms with E-state index in [2.05, 4.69) is 6.92 Å². The first-order chi connectivity index (χ1) is 18.2. The van der Waals surface area contributed by atoms with Crippen LogP contribution in [0.25, 0.3) is 0 Å². The summed E-state index contributed by atoms with van der Waals surface area (Å²) in [7, 11) is 0. The molecule has 9 nitrogen and oxygen atoms in total. The highest BCUT2D eigenvalue weighted by molar-refractivity contribution is 6.18. The van der Waals surface area contributed by atoms with Crippen LogP contribution in [-0.2, 0) is 38.1 Å². The van der Waals surface area contributed by atoms with Gasteiger partial charge in [-0.2, -0.15) is 0 Å². The summed E-state index contributed by atoms with van der Waals surface area (Å²) in [4.78, 5) is 49.2. The predicted octanol–water partition coefficient (Wildman–Crippen LogP) is 4.04. The number of esters is 4. The fourth-order valence-electron chi connectivity index (χ4n) is 7.00. The van der Waals surface area contributed by atoms with E-state index in [-0.39, 0.29) is 30.9 Å². The summed E-state index contributed by atoms with van der Waals surface area (Å²) in [6, 6.07) is 0. The second-order valence-electron chi connectivity index (χ2n) is 11.6. The fraction of sp³-hybridized carbons (Fsp3) is 0.724. The third-order valence-corrected chi connectivity index (χ3v) is 9.85. The van der Waals surface area contributed by atoms with Crippen molar-refractivity contribution in [3.05, 3.63) is 23.3 Å². The van der Waals surface area contributed by atoms with E-state index in [9.17, 15) is 24.3 Å². The van der Waals surface area contributed by atoms with Crippen molar-refractivity contribution in [2.75, 3.05) is 19.1 Å². The molecule has 0 saturated heterocycles. The molecule has 0 aromatic carbocycles. The van der Waals surface area contributed by atoms with Crippen LogP contribution in [0.15, 0.2) is 23.3 Å². The van der Waals surface area contributed by atoms with E-state index in [1.54, 1.807) is 19.9 Å². The molecule has 10 heteroatoms. The minimum Gasteiger partial charge on any atom is -0.465 e. The number of rotatable bonds is 9. The van der Waals surface area contributed by atoms with Gasteiger partial charge in [0.2, 0.25) is 0 Å². The van der Waals surface area contributed by atoms with Gasteiger partial charge >= 0.3 is 23.9 Å². The van der Waals surface area contributed by atoms with Crippen LogP contribution < -0.4 is 0 Å². The van der Waals surface area contributed by atoms with Gasteiger partial charge in [0, 0.05) is 31.1 Å². The van der Waals surface area contributed by atoms with E-state index >= 15 is 0 Å². The minimum absolute atomic E-state index is 0.0150. The van der Waals surface area contributed by atoms with Crippen LogP contribution in [0.1, 0.15) is 73.6 Å². The molecule has 0 spiro atoms. The highest BCUT2D eigenvalue weighted by Crippen LogP contribution is 2.65. The summed E-state index contributed by atoms with van der Waals surface area (Å²) in [5.41, 5.74) is -2.31. The number of cyclic esters (lactones) is 1. The van der Waals surface area contributed by atoms with Crippen LogP contribution in [0.5, 0.6) is 0 Å². The van der Waals surface area contributed by atoms with E-state index in [0.717, 1.165) is 0 Å². The van der Waals surface area contributed by atoms with Crippen LogP contribution in [0.2, 0.25) is 0 Å². The molecule has 0 unspecified atom stereocenters. The lowest BCUT2D eigenvalue weighted by molar-refractivity contribution is -0.270. The number of hydrogen-bond acceptors (Lipinski definition) is 9. The average Bonchev–Trinajstić information content (AvgIpc) is 3.31. The Hall–Kier alpha value is -2.39. The van der Waals surface area contributed by atoms with E-state index in [0.29, 0.717) is 43.3 Å². The third kappa shape index (κ3) is 5.89. The zero-order valence-corrected chi connectivity index (χ0v) is 24.5. The van der Waals surface area contributed by atoms with Gasteiger partial charge in [-0.15, -0.1) is 11.6 Å². The van der Waals surface area contributed by atoms with Gasteiger partial charge in [-0.05, 0) is 56.8 Å². The van der Waals surface area contributed by atoms with Crippen molar-refractivity contribution >= 4 is 35.5 Å². The SMILES string of the molecule is C/C=C(\C)C(=O)O[C@@H](C[C@@]1(C)[C@H](C)C[C@H](OC(C)=O)[C@]2(COC(C)=O)[C@@H]1CCC[C@]2(O)CCl)C1=CC(=O)OC1. The molecule has 218 valence electrons. The van der Waals surface area contributed by atoms with Crippen molar-refractivity contribution in [2.45, 2.75) is 91.5 Å². The van der Waals surface area contributed by atoms with Crippen molar-refractivity contribution in [3.63, 3.8) is 0 Å². The molecule has 2 fully saturated rings. The summed E-state index contributed by atoms with van der Waals surface area (Å²) in [5, 5.41) is 12.1. The Morgan fingerprint density at radius 1 is 1.26 bits per heavy atom. The quantitative estimate of drug-likeness (QED) is 0.190. The summed E-state index contributed by atoms with van der Waals surface area (Å²) in [6.07, 6.45) is 3.83. The van der Waals surface area contributed by atoms with E-state index in [4.69, 9.17) is 30.5 Å². The maximum absolute atomic E-state index is 12.9. The lowest BCUT2D eigenvalue weighted by atomic mass is 9.42. The normalized spacial score (nSPS) is 35.3. The van der Waals surface area contributed by atoms with Gasteiger partial charge < -0.3 is 24.1 Å². The van der Waals surface area contributed by atoms with Crippen molar-refractivity contribution < 1.29 is 43.2 Å². The third-order valence-electron chi connectivity index (χ3n) is 9.41. The maximum atomic E-state index is 12.9.